The van der Waals surface area contributed by atoms with Crippen LogP contribution in [-0.2, 0) is 6.42 Å². The highest BCUT2D eigenvalue weighted by Gasteiger charge is 2.15. The molecule has 0 amide bonds. The summed E-state index contributed by atoms with van der Waals surface area (Å²) in [5.41, 5.74) is 13.0. The Hall–Kier alpha value is -6.38. The van der Waals surface area contributed by atoms with Gasteiger partial charge in [-0.1, -0.05) is 127 Å². The van der Waals surface area contributed by atoms with Gasteiger partial charge in [-0.15, -0.1) is 0 Å². The van der Waals surface area contributed by atoms with E-state index in [4.69, 9.17) is 9.98 Å². The molecule has 0 unspecified atom stereocenters. The third-order valence-electron chi connectivity index (χ3n) is 10.4. The fraction of sp³-hybridized carbons (Fsp3) is 0.0417. The first-order valence-electron chi connectivity index (χ1n) is 17.4. The van der Waals surface area contributed by atoms with Crippen LogP contribution in [0.1, 0.15) is 12.0 Å². The van der Waals surface area contributed by atoms with Crippen LogP contribution in [0.15, 0.2) is 169 Å². The van der Waals surface area contributed by atoms with Crippen LogP contribution in [-0.4, -0.2) is 11.2 Å². The lowest BCUT2D eigenvalue weighted by molar-refractivity contribution is 1.03. The van der Waals surface area contributed by atoms with E-state index in [9.17, 15) is 0 Å². The molecular formula is C48H32N2. The molecular weight excluding hydrogens is 605 g/mol. The van der Waals surface area contributed by atoms with E-state index in [2.05, 4.69) is 158 Å². The molecule has 0 fully saturated rings. The first kappa shape index (κ1) is 28.6. The van der Waals surface area contributed by atoms with Gasteiger partial charge in [-0.3, -0.25) is 9.98 Å². The third-order valence-corrected chi connectivity index (χ3v) is 10.4. The van der Waals surface area contributed by atoms with Crippen molar-refractivity contribution in [3.8, 4) is 44.5 Å². The average molecular weight is 637 g/mol. The Kier molecular flexibility index (Phi) is 6.67. The summed E-state index contributed by atoms with van der Waals surface area (Å²) in [7, 11) is 0. The van der Waals surface area contributed by atoms with Gasteiger partial charge in [0.2, 0.25) is 0 Å². The van der Waals surface area contributed by atoms with E-state index in [-0.39, 0.29) is 0 Å². The summed E-state index contributed by atoms with van der Waals surface area (Å²) in [6.07, 6.45) is 5.99. The number of benzene rings is 8. The Morgan fingerprint density at radius 2 is 0.960 bits per heavy atom. The molecule has 0 N–H and O–H groups in total. The number of aliphatic imine (C=N–C) groups is 1. The molecule has 8 aromatic carbocycles. The lowest BCUT2D eigenvalue weighted by Crippen LogP contribution is -1.95. The van der Waals surface area contributed by atoms with Gasteiger partial charge in [0.1, 0.15) is 0 Å². The van der Waals surface area contributed by atoms with Crippen LogP contribution >= 0.6 is 0 Å². The number of fused-ring (bicyclic) bond motifs is 8. The monoisotopic (exact) mass is 636 g/mol. The predicted molar refractivity (Wildman–Crippen MR) is 212 cm³/mol. The molecule has 0 radical (unpaired) electrons. The minimum Gasteiger partial charge on any atom is -0.260 e. The van der Waals surface area contributed by atoms with Crippen molar-refractivity contribution in [1.82, 2.24) is 4.98 Å². The fourth-order valence-corrected chi connectivity index (χ4v) is 7.94. The van der Waals surface area contributed by atoms with Crippen molar-refractivity contribution < 1.29 is 0 Å². The van der Waals surface area contributed by atoms with Gasteiger partial charge in [-0.2, -0.15) is 0 Å². The minimum absolute atomic E-state index is 1.01. The van der Waals surface area contributed by atoms with Crippen LogP contribution in [0.25, 0.3) is 87.7 Å². The summed E-state index contributed by atoms with van der Waals surface area (Å²) >= 11 is 0. The number of rotatable bonds is 4. The van der Waals surface area contributed by atoms with Crippen molar-refractivity contribution in [2.45, 2.75) is 12.8 Å². The maximum absolute atomic E-state index is 4.81. The highest BCUT2D eigenvalue weighted by Crippen LogP contribution is 2.41. The van der Waals surface area contributed by atoms with Crippen molar-refractivity contribution >= 4 is 55.1 Å². The number of hydrogen-bond acceptors (Lipinski definition) is 2. The molecule has 234 valence electrons. The maximum Gasteiger partial charge on any atom is 0.0780 e. The number of nitrogens with zero attached hydrogens (tertiary/aromatic N) is 2. The average Bonchev–Trinajstić information content (AvgIpc) is 3.20. The predicted octanol–water partition coefficient (Wildman–Crippen LogP) is 13.0. The summed E-state index contributed by atoms with van der Waals surface area (Å²) in [6.45, 7) is 0. The minimum atomic E-state index is 1.01. The van der Waals surface area contributed by atoms with Crippen molar-refractivity contribution in [2.75, 3.05) is 0 Å². The molecule has 2 heteroatoms. The van der Waals surface area contributed by atoms with E-state index < -0.39 is 0 Å². The SMILES string of the molecule is C1=Nc2c(cccc2-c2cccc(-c3ccc4c(c3)c3ccccc3c3ccc(-c5cccc(-c6cccc7cccnc67)c5)cc34)c2)CC1. The molecule has 2 heterocycles. The smallest absolute Gasteiger partial charge is 0.0780 e. The van der Waals surface area contributed by atoms with Crippen LogP contribution in [0.3, 0.4) is 0 Å². The van der Waals surface area contributed by atoms with E-state index in [0.29, 0.717) is 0 Å². The molecule has 1 aromatic heterocycles. The lowest BCUT2D eigenvalue weighted by atomic mass is 9.89. The largest absolute Gasteiger partial charge is 0.260 e. The number of aryl methyl sites for hydroxylation is 1. The molecule has 1 aliphatic rings. The van der Waals surface area contributed by atoms with Crippen molar-refractivity contribution in [2.24, 2.45) is 4.99 Å². The zero-order valence-electron chi connectivity index (χ0n) is 27.5. The summed E-state index contributed by atoms with van der Waals surface area (Å²) in [6, 6.07) is 57.7. The molecule has 0 saturated carbocycles. The van der Waals surface area contributed by atoms with Crippen molar-refractivity contribution in [1.29, 1.82) is 0 Å². The van der Waals surface area contributed by atoms with Gasteiger partial charge in [0.25, 0.3) is 0 Å². The first-order valence-corrected chi connectivity index (χ1v) is 17.4. The van der Waals surface area contributed by atoms with Crippen LogP contribution in [0.2, 0.25) is 0 Å². The van der Waals surface area contributed by atoms with E-state index in [1.165, 1.54) is 76.8 Å². The Morgan fingerprint density at radius 3 is 1.72 bits per heavy atom. The molecule has 0 saturated heterocycles. The zero-order valence-corrected chi connectivity index (χ0v) is 27.5. The number of para-hydroxylation sites is 2. The second-order valence-electron chi connectivity index (χ2n) is 13.3. The number of aromatic nitrogens is 1. The van der Waals surface area contributed by atoms with Gasteiger partial charge in [0, 0.05) is 28.9 Å². The third kappa shape index (κ3) is 4.72. The van der Waals surface area contributed by atoms with Crippen LogP contribution < -0.4 is 0 Å². The van der Waals surface area contributed by atoms with Crippen LogP contribution in [0.5, 0.6) is 0 Å². The molecule has 10 rings (SSSR count). The normalized spacial score (nSPS) is 12.6. The lowest BCUT2D eigenvalue weighted by Gasteiger charge is -2.16. The highest BCUT2D eigenvalue weighted by molar-refractivity contribution is 6.26. The van der Waals surface area contributed by atoms with Gasteiger partial charge in [-0.05, 0) is 114 Å². The molecule has 0 spiro atoms. The summed E-state index contributed by atoms with van der Waals surface area (Å²) < 4.78 is 0. The molecule has 0 bridgehead atoms. The topological polar surface area (TPSA) is 25.2 Å². The maximum atomic E-state index is 4.81. The van der Waals surface area contributed by atoms with Crippen molar-refractivity contribution in [3.05, 3.63) is 169 Å². The summed E-state index contributed by atoms with van der Waals surface area (Å²) in [5.74, 6) is 0. The first-order chi connectivity index (χ1) is 24.8. The standard InChI is InChI=1S/C48H32N2/c1-2-18-42-41(17-1)43-23-21-35(33-11-3-13-37(27-33)39-19-5-9-31-15-7-25-49-47(31)39)30-46(43)44-24-22-36(29-45(42)44)34-12-4-14-38(28-34)40-20-6-10-32-16-8-26-50-48(32)40/h1-7,9-15,17-30H,8,16H2. The molecule has 1 aliphatic heterocycles. The summed E-state index contributed by atoms with van der Waals surface area (Å²) in [4.78, 5) is 9.53. The fourth-order valence-electron chi connectivity index (χ4n) is 7.94. The molecule has 2 nitrogen and oxygen atoms in total. The van der Waals surface area contributed by atoms with Crippen molar-refractivity contribution in [3.63, 3.8) is 0 Å². The van der Waals surface area contributed by atoms with E-state index in [1.54, 1.807) is 0 Å². The van der Waals surface area contributed by atoms with Gasteiger partial charge in [0.05, 0.1) is 11.2 Å². The Morgan fingerprint density at radius 1 is 0.400 bits per heavy atom. The van der Waals surface area contributed by atoms with E-state index in [1.807, 2.05) is 12.3 Å². The second kappa shape index (κ2) is 11.6. The van der Waals surface area contributed by atoms with Gasteiger partial charge < -0.3 is 0 Å². The molecule has 50 heavy (non-hydrogen) atoms. The van der Waals surface area contributed by atoms with Crippen LogP contribution in [0, 0.1) is 0 Å². The number of pyridine rings is 1. The van der Waals surface area contributed by atoms with Gasteiger partial charge >= 0.3 is 0 Å². The molecule has 0 atom stereocenters. The second-order valence-corrected chi connectivity index (χ2v) is 13.3. The van der Waals surface area contributed by atoms with Crippen LogP contribution in [0.4, 0.5) is 5.69 Å². The summed E-state index contributed by atoms with van der Waals surface area (Å²) in [5, 5.41) is 8.78. The van der Waals surface area contributed by atoms with Gasteiger partial charge in [-0.25, -0.2) is 0 Å². The molecule has 0 aliphatic carbocycles. The Balaban J connectivity index is 1.11. The highest BCUT2D eigenvalue weighted by atomic mass is 14.7. The zero-order chi connectivity index (χ0) is 33.0. The number of hydrogen-bond donors (Lipinski definition) is 0. The molecule has 9 aromatic rings. The Labute approximate surface area is 291 Å². The van der Waals surface area contributed by atoms with E-state index in [0.717, 1.165) is 35.0 Å². The quantitative estimate of drug-likeness (QED) is 0.176. The Bertz CT molecular complexity index is 2820. The van der Waals surface area contributed by atoms with E-state index >= 15 is 0 Å². The van der Waals surface area contributed by atoms with Gasteiger partial charge in [0.15, 0.2) is 0 Å².